The molecular formula is C11H11Br2ClN2OS. The van der Waals surface area contributed by atoms with Gasteiger partial charge in [0.25, 0.3) is 0 Å². The highest BCUT2D eigenvalue weighted by Crippen LogP contribution is 2.66. The van der Waals surface area contributed by atoms with Gasteiger partial charge in [0, 0.05) is 0 Å². The molecule has 1 aromatic heterocycles. The minimum atomic E-state index is -0.454. The van der Waals surface area contributed by atoms with Gasteiger partial charge in [0.15, 0.2) is 0 Å². The molecule has 0 aromatic carbocycles. The minimum Gasteiger partial charge on any atom is -0.272 e. The maximum atomic E-state index is 12.0. The Bertz CT molecular complexity index is 529. The van der Waals surface area contributed by atoms with Gasteiger partial charge in [0.1, 0.15) is 0 Å². The monoisotopic (exact) mass is 412 g/mol. The van der Waals surface area contributed by atoms with Crippen molar-refractivity contribution >= 4 is 66.4 Å². The van der Waals surface area contributed by atoms with Crippen molar-refractivity contribution in [3.63, 3.8) is 0 Å². The van der Waals surface area contributed by atoms with E-state index in [1.54, 1.807) is 0 Å². The zero-order valence-electron chi connectivity index (χ0n) is 9.76. The van der Waals surface area contributed by atoms with Gasteiger partial charge in [-0.2, -0.15) is 5.10 Å². The molecule has 1 fully saturated rings. The molecule has 18 heavy (non-hydrogen) atoms. The smallest absolute Gasteiger partial charge is 0.248 e. The molecule has 0 bridgehead atoms. The van der Waals surface area contributed by atoms with Gasteiger partial charge < -0.3 is 0 Å². The Hall–Kier alpha value is 0.0900. The van der Waals surface area contributed by atoms with Gasteiger partial charge in [-0.3, -0.25) is 4.79 Å². The first-order valence-electron chi connectivity index (χ1n) is 5.24. The first-order valence-corrected chi connectivity index (χ1v) is 8.02. The van der Waals surface area contributed by atoms with Crippen molar-refractivity contribution in [2.24, 2.45) is 10.5 Å². The summed E-state index contributed by atoms with van der Waals surface area (Å²) in [6.07, 6.45) is 0.741. The van der Waals surface area contributed by atoms with Crippen molar-refractivity contribution in [1.29, 1.82) is 0 Å². The normalized spacial score (nSPS) is 25.9. The fraction of sp³-hybridized carbons (Fsp3) is 0.455. The average molecular weight is 415 g/mol. The van der Waals surface area contributed by atoms with E-state index in [9.17, 15) is 4.79 Å². The second-order valence-corrected chi connectivity index (χ2v) is 9.94. The van der Waals surface area contributed by atoms with Crippen molar-refractivity contribution in [3.8, 4) is 0 Å². The average Bonchev–Trinajstić information content (AvgIpc) is 2.63. The van der Waals surface area contributed by atoms with Crippen LogP contribution >= 0.6 is 54.8 Å². The quantitative estimate of drug-likeness (QED) is 0.451. The Morgan fingerprint density at radius 1 is 1.56 bits per heavy atom. The summed E-state index contributed by atoms with van der Waals surface area (Å²) in [7, 11) is 0. The first-order chi connectivity index (χ1) is 8.26. The standard InChI is InChI=1S/C11H11Br2ClN2OS/c1-6(7-3-4-8(14)18-7)15-16-9(17)10(2)5-11(10,12)13/h3-4H,5H2,1-2H3,(H,16,17). The predicted octanol–water partition coefficient (Wildman–Crippen LogP) is 4.14. The largest absolute Gasteiger partial charge is 0.272 e. The summed E-state index contributed by atoms with van der Waals surface area (Å²) < 4.78 is 0.409. The van der Waals surface area contributed by atoms with Gasteiger partial charge in [-0.15, -0.1) is 11.3 Å². The molecule has 3 nitrogen and oxygen atoms in total. The van der Waals surface area contributed by atoms with Crippen LogP contribution in [0, 0.1) is 5.41 Å². The van der Waals surface area contributed by atoms with E-state index in [1.807, 2.05) is 26.0 Å². The van der Waals surface area contributed by atoms with Crippen molar-refractivity contribution in [2.45, 2.75) is 23.5 Å². The summed E-state index contributed by atoms with van der Waals surface area (Å²) in [6, 6.07) is 3.70. The Balaban J connectivity index is 2.02. The zero-order chi connectivity index (χ0) is 13.6. The first kappa shape index (κ1) is 14.5. The molecule has 0 saturated heterocycles. The molecule has 0 radical (unpaired) electrons. The maximum absolute atomic E-state index is 12.0. The van der Waals surface area contributed by atoms with Crippen molar-refractivity contribution in [1.82, 2.24) is 5.43 Å². The number of hydrogen-bond acceptors (Lipinski definition) is 3. The molecule has 1 aliphatic rings. The topological polar surface area (TPSA) is 41.5 Å². The molecule has 1 N–H and O–H groups in total. The van der Waals surface area contributed by atoms with E-state index >= 15 is 0 Å². The minimum absolute atomic E-state index is 0.0988. The van der Waals surface area contributed by atoms with Crippen LogP contribution in [0.2, 0.25) is 4.34 Å². The van der Waals surface area contributed by atoms with Crippen LogP contribution in [0.3, 0.4) is 0 Å². The van der Waals surface area contributed by atoms with E-state index in [4.69, 9.17) is 11.6 Å². The van der Waals surface area contributed by atoms with E-state index in [1.165, 1.54) is 11.3 Å². The number of amides is 1. The second kappa shape index (κ2) is 4.89. The van der Waals surface area contributed by atoms with Gasteiger partial charge in [-0.25, -0.2) is 5.43 Å². The van der Waals surface area contributed by atoms with Crippen LogP contribution in [0.4, 0.5) is 0 Å². The fourth-order valence-electron chi connectivity index (χ4n) is 1.47. The molecule has 98 valence electrons. The van der Waals surface area contributed by atoms with Crippen LogP contribution in [0.15, 0.2) is 17.2 Å². The van der Waals surface area contributed by atoms with Crippen molar-refractivity contribution in [2.75, 3.05) is 0 Å². The van der Waals surface area contributed by atoms with Gasteiger partial charge in [0.05, 0.1) is 23.6 Å². The lowest BCUT2D eigenvalue weighted by molar-refractivity contribution is -0.125. The molecule has 1 aromatic rings. The highest BCUT2D eigenvalue weighted by Gasteiger charge is 2.66. The summed E-state index contributed by atoms with van der Waals surface area (Å²) in [5, 5.41) is 4.11. The van der Waals surface area contributed by atoms with Crippen LogP contribution in [-0.2, 0) is 4.79 Å². The van der Waals surface area contributed by atoms with E-state index in [0.717, 1.165) is 17.0 Å². The lowest BCUT2D eigenvalue weighted by atomic mass is 10.1. The Morgan fingerprint density at radius 3 is 2.61 bits per heavy atom. The third-order valence-corrected chi connectivity index (χ3v) is 6.66. The molecule has 2 rings (SSSR count). The SMILES string of the molecule is CC(=NNC(=O)C1(C)CC1(Br)Br)c1ccc(Cl)s1. The van der Waals surface area contributed by atoms with E-state index in [0.29, 0.717) is 4.34 Å². The zero-order valence-corrected chi connectivity index (χ0v) is 14.5. The molecule has 1 aliphatic carbocycles. The summed E-state index contributed by atoms with van der Waals surface area (Å²) in [5.41, 5.74) is 2.90. The molecule has 1 amide bonds. The molecule has 1 heterocycles. The second-order valence-electron chi connectivity index (χ2n) is 4.46. The molecule has 1 atom stereocenters. The number of hydrazone groups is 1. The highest BCUT2D eigenvalue weighted by atomic mass is 79.9. The number of rotatable bonds is 3. The van der Waals surface area contributed by atoms with Crippen LogP contribution < -0.4 is 5.43 Å². The maximum Gasteiger partial charge on any atom is 0.248 e. The number of alkyl halides is 2. The Labute approximate surface area is 131 Å². The number of nitrogens with one attached hydrogen (secondary N) is 1. The van der Waals surface area contributed by atoms with E-state index in [-0.39, 0.29) is 9.14 Å². The number of hydrogen-bond donors (Lipinski definition) is 1. The van der Waals surface area contributed by atoms with Gasteiger partial charge >= 0.3 is 0 Å². The number of carbonyl (C=O) groups is 1. The van der Waals surface area contributed by atoms with Crippen LogP contribution in [0.25, 0.3) is 0 Å². The number of halogens is 3. The number of thiophene rings is 1. The van der Waals surface area contributed by atoms with E-state index < -0.39 is 5.41 Å². The summed E-state index contributed by atoms with van der Waals surface area (Å²) in [5.74, 6) is -0.0988. The molecule has 1 unspecified atom stereocenters. The third-order valence-electron chi connectivity index (χ3n) is 3.01. The summed E-state index contributed by atoms with van der Waals surface area (Å²) in [6.45, 7) is 3.73. The number of carbonyl (C=O) groups excluding carboxylic acids is 1. The van der Waals surface area contributed by atoms with Gasteiger partial charge in [0.2, 0.25) is 5.91 Å². The molecule has 7 heteroatoms. The third kappa shape index (κ3) is 2.66. The fourth-order valence-corrected chi connectivity index (χ4v) is 3.94. The van der Waals surface area contributed by atoms with Gasteiger partial charge in [-0.1, -0.05) is 43.5 Å². The molecule has 0 spiro atoms. The van der Waals surface area contributed by atoms with Crippen molar-refractivity contribution in [3.05, 3.63) is 21.3 Å². The molecule has 1 saturated carbocycles. The highest BCUT2D eigenvalue weighted by molar-refractivity contribution is 9.25. The van der Waals surface area contributed by atoms with Crippen LogP contribution in [0.5, 0.6) is 0 Å². The molecular weight excluding hydrogens is 403 g/mol. The summed E-state index contributed by atoms with van der Waals surface area (Å²) >= 11 is 14.2. The Kier molecular flexibility index (Phi) is 3.94. The van der Waals surface area contributed by atoms with Crippen molar-refractivity contribution < 1.29 is 4.79 Å². The van der Waals surface area contributed by atoms with Crippen LogP contribution in [0.1, 0.15) is 25.1 Å². The Morgan fingerprint density at radius 2 is 2.17 bits per heavy atom. The lowest BCUT2D eigenvalue weighted by Crippen LogP contribution is -2.30. The lowest BCUT2D eigenvalue weighted by Gasteiger charge is -2.10. The van der Waals surface area contributed by atoms with E-state index in [2.05, 4.69) is 42.4 Å². The van der Waals surface area contributed by atoms with Gasteiger partial charge in [-0.05, 0) is 32.4 Å². The predicted molar refractivity (Wildman–Crippen MR) is 83.0 cm³/mol. The van der Waals surface area contributed by atoms with Crippen LogP contribution in [-0.4, -0.2) is 14.9 Å². The molecule has 0 aliphatic heterocycles. The number of nitrogens with zero attached hydrogens (tertiary/aromatic N) is 1. The summed E-state index contributed by atoms with van der Waals surface area (Å²) in [4.78, 5) is 12.9.